The van der Waals surface area contributed by atoms with E-state index in [1.54, 1.807) is 0 Å². The highest BCUT2D eigenvalue weighted by atomic mass is 19.4. The second-order valence-electron chi connectivity index (χ2n) is 25.6. The molecule has 0 bridgehead atoms. The molecule has 0 N–H and O–H groups in total. The number of alkyl halides is 3. The quantitative estimate of drug-likeness (QED) is 0.159. The topological polar surface area (TPSA) is 77.2 Å². The van der Waals surface area contributed by atoms with Gasteiger partial charge in [-0.3, -0.25) is 0 Å². The molecule has 0 atom stereocenters. The number of para-hydroxylation sites is 7. The van der Waals surface area contributed by atoms with Crippen molar-refractivity contribution in [3.05, 3.63) is 307 Å². The maximum atomic E-state index is 14.8. The van der Waals surface area contributed by atoms with Crippen LogP contribution in [0.4, 0.5) is 13.2 Å². The Morgan fingerprint density at radius 2 is 0.622 bits per heavy atom. The second kappa shape index (κ2) is 20.7. The standard InChI is InChI=1S/C87H51F3N8/c88-87(89,90)54-33-38-59(52(43-54)50-91)72-49-86(98-83-47-57(95-77-29-13-5-21-64(77)65-22-6-14-30-78(65)95)36-41-70(83)71-42-37-58(48-84(71)98)96-79-31-15-7-23-66(79)67-24-8-16-32-80(67)96)85(44-53(72)51-92)97-81-45-55(93-73-25-9-1-17-60(73)61-18-2-10-26-74(61)93)34-39-68(81)69-40-35-56(46-82(69)97)94-75-27-11-3-19-62(75)63-20-4-12-28-76(63)94/h1-3,5-19,21-49H,4,20H2. The van der Waals surface area contributed by atoms with Crippen molar-refractivity contribution in [3.63, 3.8) is 0 Å². The number of hydrogen-bond donors (Lipinski definition) is 0. The third kappa shape index (κ3) is 7.87. The van der Waals surface area contributed by atoms with Gasteiger partial charge in [-0.15, -0.1) is 0 Å². The normalized spacial score (nSPS) is 12.7. The minimum absolute atomic E-state index is 0.165. The highest BCUT2D eigenvalue weighted by molar-refractivity contribution is 6.16. The van der Waals surface area contributed by atoms with Gasteiger partial charge in [-0.25, -0.2) is 0 Å². The van der Waals surface area contributed by atoms with Gasteiger partial charge in [0.05, 0.1) is 101 Å². The molecule has 6 aromatic heterocycles. The zero-order chi connectivity index (χ0) is 65.2. The number of halogens is 3. The fourth-order valence-corrected chi connectivity index (χ4v) is 16.4. The lowest BCUT2D eigenvalue weighted by Crippen LogP contribution is -2.08. The van der Waals surface area contributed by atoms with Gasteiger partial charge < -0.3 is 27.4 Å². The van der Waals surface area contributed by atoms with Crippen LogP contribution in [0.15, 0.2) is 279 Å². The number of nitrogens with zero attached hydrogens (tertiary/aromatic N) is 8. The zero-order valence-electron chi connectivity index (χ0n) is 52.3. The molecule has 0 spiro atoms. The Kier molecular flexibility index (Phi) is 11.7. The third-order valence-corrected chi connectivity index (χ3v) is 20.6. The van der Waals surface area contributed by atoms with Crippen molar-refractivity contribution >= 4 is 126 Å². The number of benzene rings is 13. The number of nitriles is 2. The van der Waals surface area contributed by atoms with Crippen LogP contribution >= 0.6 is 0 Å². The van der Waals surface area contributed by atoms with Crippen LogP contribution in [-0.4, -0.2) is 27.4 Å². The summed E-state index contributed by atoms with van der Waals surface area (Å²) in [6, 6.07) is 97.7. The van der Waals surface area contributed by atoms with Crippen LogP contribution in [0.2, 0.25) is 0 Å². The van der Waals surface area contributed by atoms with E-state index in [0.29, 0.717) is 16.9 Å². The minimum atomic E-state index is -4.74. The Labute approximate surface area is 557 Å². The monoisotopic (exact) mass is 1260 g/mol. The Morgan fingerprint density at radius 3 is 1.00 bits per heavy atom. The summed E-state index contributed by atoms with van der Waals surface area (Å²) in [6.07, 6.45) is 1.60. The maximum Gasteiger partial charge on any atom is 0.416 e. The van der Waals surface area contributed by atoms with E-state index in [0.717, 1.165) is 168 Å². The first-order chi connectivity index (χ1) is 48.2. The minimum Gasteiger partial charge on any atom is -0.310 e. The smallest absolute Gasteiger partial charge is 0.310 e. The molecule has 0 amide bonds. The first-order valence-electron chi connectivity index (χ1n) is 32.8. The van der Waals surface area contributed by atoms with Crippen LogP contribution in [0.3, 0.4) is 0 Å². The van der Waals surface area contributed by atoms with E-state index in [4.69, 9.17) is 0 Å². The van der Waals surface area contributed by atoms with Crippen molar-refractivity contribution in [1.29, 1.82) is 10.5 Å². The maximum absolute atomic E-state index is 14.8. The van der Waals surface area contributed by atoms with Gasteiger partial charge in [0.15, 0.2) is 0 Å². The Morgan fingerprint density at radius 1 is 0.296 bits per heavy atom. The molecule has 98 heavy (non-hydrogen) atoms. The fourth-order valence-electron chi connectivity index (χ4n) is 16.4. The summed E-state index contributed by atoms with van der Waals surface area (Å²) >= 11 is 0. The molecule has 0 saturated carbocycles. The molecule has 0 unspecified atom stereocenters. The summed E-state index contributed by atoms with van der Waals surface area (Å²) in [5, 5.41) is 34.6. The van der Waals surface area contributed by atoms with Crippen molar-refractivity contribution in [3.8, 4) is 57.4 Å². The van der Waals surface area contributed by atoms with Crippen molar-refractivity contribution in [2.24, 2.45) is 0 Å². The first kappa shape index (κ1) is 55.4. The van der Waals surface area contributed by atoms with E-state index in [1.807, 2.05) is 12.1 Å². The van der Waals surface area contributed by atoms with E-state index in [2.05, 4.69) is 294 Å². The molecular weight excluding hydrogens is 1210 g/mol. The predicted octanol–water partition coefficient (Wildman–Crippen LogP) is 22.5. The number of fused-ring (bicyclic) bond motifs is 18. The lowest BCUT2D eigenvalue weighted by molar-refractivity contribution is -0.137. The predicted molar refractivity (Wildman–Crippen MR) is 392 cm³/mol. The van der Waals surface area contributed by atoms with Gasteiger partial charge in [0.1, 0.15) is 0 Å². The summed E-state index contributed by atoms with van der Waals surface area (Å²) in [6.45, 7) is 0. The fraction of sp³-hybridized carbons (Fsp3) is 0.0345. The average Bonchev–Trinajstić information content (AvgIpc) is 1.54. The summed E-state index contributed by atoms with van der Waals surface area (Å²) in [5.41, 5.74) is 17.4. The molecular formula is C87H51F3N8. The highest BCUT2D eigenvalue weighted by Crippen LogP contribution is 2.47. The van der Waals surface area contributed by atoms with Crippen LogP contribution in [0.1, 0.15) is 34.4 Å². The van der Waals surface area contributed by atoms with Crippen molar-refractivity contribution in [1.82, 2.24) is 27.4 Å². The highest BCUT2D eigenvalue weighted by Gasteiger charge is 2.33. The molecule has 0 saturated heterocycles. The zero-order valence-corrected chi connectivity index (χ0v) is 52.3. The summed E-state index contributed by atoms with van der Waals surface area (Å²) in [7, 11) is 0. The van der Waals surface area contributed by atoms with Crippen molar-refractivity contribution in [2.45, 2.75) is 19.0 Å². The van der Waals surface area contributed by atoms with Gasteiger partial charge in [-0.05, 0) is 140 Å². The molecule has 20 rings (SSSR count). The number of allylic oxidation sites excluding steroid dienone is 1. The van der Waals surface area contributed by atoms with Crippen molar-refractivity contribution < 1.29 is 13.2 Å². The lowest BCUT2D eigenvalue weighted by atomic mass is 9.93. The molecule has 6 heterocycles. The van der Waals surface area contributed by atoms with E-state index >= 15 is 0 Å². The van der Waals surface area contributed by atoms with Gasteiger partial charge in [-0.1, -0.05) is 164 Å². The molecule has 13 aromatic carbocycles. The second-order valence-corrected chi connectivity index (χ2v) is 25.6. The van der Waals surface area contributed by atoms with Crippen LogP contribution in [0.5, 0.6) is 0 Å². The third-order valence-electron chi connectivity index (χ3n) is 20.6. The number of rotatable bonds is 7. The van der Waals surface area contributed by atoms with Gasteiger partial charge in [0.25, 0.3) is 0 Å². The molecule has 0 fully saturated rings. The summed E-state index contributed by atoms with van der Waals surface area (Å²) in [4.78, 5) is 0. The molecule has 0 radical (unpaired) electrons. The van der Waals surface area contributed by atoms with Crippen LogP contribution in [0, 0.1) is 22.7 Å². The molecule has 11 heteroatoms. The number of aromatic nitrogens is 6. The lowest BCUT2D eigenvalue weighted by Gasteiger charge is -2.21. The Balaban J connectivity index is 0.967. The Hall–Kier alpha value is -13.1. The van der Waals surface area contributed by atoms with Crippen LogP contribution < -0.4 is 0 Å². The number of aryl methyl sites for hydroxylation is 1. The average molecular weight is 1270 g/mol. The molecule has 19 aromatic rings. The van der Waals surface area contributed by atoms with Gasteiger partial charge in [0.2, 0.25) is 0 Å². The molecule has 460 valence electrons. The molecule has 1 aliphatic carbocycles. The van der Waals surface area contributed by atoms with E-state index in [9.17, 15) is 23.7 Å². The van der Waals surface area contributed by atoms with E-state index < -0.39 is 11.7 Å². The summed E-state index contributed by atoms with van der Waals surface area (Å²) < 4.78 is 58.2. The van der Waals surface area contributed by atoms with E-state index in [1.165, 1.54) is 17.0 Å². The SMILES string of the molecule is N#Cc1cc(C(F)(F)F)ccc1-c1cc(-n2c3cc(-n4c5ccccc5c5ccccc54)ccc3c3ccc(-n4c5ccccc5c5ccccc54)cc32)c(-n2c3cc(-n4c5c(c6ccccc64)CCC=C5)ccc3c3ccc(-n4c5ccccc5c5ccccc54)cc32)cc1C#N. The molecule has 0 aliphatic heterocycles. The largest absolute Gasteiger partial charge is 0.416 e. The first-order valence-corrected chi connectivity index (χ1v) is 32.8. The molecule has 8 nitrogen and oxygen atoms in total. The molecule has 1 aliphatic rings. The van der Waals surface area contributed by atoms with Crippen molar-refractivity contribution in [2.75, 3.05) is 0 Å². The van der Waals surface area contributed by atoms with Gasteiger partial charge in [-0.2, -0.15) is 23.7 Å². The van der Waals surface area contributed by atoms with Gasteiger partial charge in [0, 0.05) is 98.8 Å². The van der Waals surface area contributed by atoms with Gasteiger partial charge >= 0.3 is 6.18 Å². The van der Waals surface area contributed by atoms with E-state index in [-0.39, 0.29) is 16.7 Å². The van der Waals surface area contributed by atoms with Crippen LogP contribution in [0.25, 0.3) is 171 Å². The van der Waals surface area contributed by atoms with Crippen LogP contribution in [-0.2, 0) is 12.6 Å². The summed E-state index contributed by atoms with van der Waals surface area (Å²) in [5.74, 6) is 0. The number of hydrogen-bond acceptors (Lipinski definition) is 2. The Bertz CT molecular complexity index is 6510.